The van der Waals surface area contributed by atoms with Gasteiger partial charge in [-0.1, -0.05) is 102 Å². The van der Waals surface area contributed by atoms with Crippen LogP contribution in [0.25, 0.3) is 0 Å². The first kappa shape index (κ1) is 38.8. The molecule has 2 rings (SSSR count). The number of nitrogens with zero attached hydrogens (tertiary/aromatic N) is 2. The number of hydrogen-bond donors (Lipinski definition) is 3. The molecule has 9 nitrogen and oxygen atoms in total. The number of carboxylic acids is 1. The number of benzene rings is 2. The van der Waals surface area contributed by atoms with Crippen LogP contribution >= 0.6 is 0 Å². The lowest BCUT2D eigenvalue weighted by Gasteiger charge is -2.40. The molecule has 0 saturated heterocycles. The van der Waals surface area contributed by atoms with E-state index in [2.05, 4.69) is 0 Å². The van der Waals surface area contributed by atoms with Crippen LogP contribution in [0.5, 0.6) is 0 Å². The van der Waals surface area contributed by atoms with E-state index in [0.29, 0.717) is 31.5 Å². The summed E-state index contributed by atoms with van der Waals surface area (Å²) < 4.78 is 0. The average molecular weight is 639 g/mol. The first-order valence-electron chi connectivity index (χ1n) is 16.5. The molecule has 0 aliphatic heterocycles. The molecule has 0 aliphatic carbocycles. The molecule has 0 aromatic heterocycles. The minimum atomic E-state index is -2.84. The molecule has 2 aromatic rings. The molecule has 0 fully saturated rings. The molecule has 2 unspecified atom stereocenters. The van der Waals surface area contributed by atoms with E-state index in [4.69, 9.17) is 0 Å². The van der Waals surface area contributed by atoms with Crippen molar-refractivity contribution in [1.29, 1.82) is 0 Å². The molecule has 0 radical (unpaired) electrons. The molecule has 46 heavy (non-hydrogen) atoms. The largest absolute Gasteiger partial charge is 0.479 e. The van der Waals surface area contributed by atoms with Crippen molar-refractivity contribution < 1.29 is 34.5 Å². The Bertz CT molecular complexity index is 1280. The zero-order chi connectivity index (χ0) is 34.7. The number of aliphatic carboxylic acids is 1. The van der Waals surface area contributed by atoms with Crippen molar-refractivity contribution in [1.82, 2.24) is 9.80 Å². The molecular formula is C37H54N2O7. The highest BCUT2D eigenvalue weighted by Gasteiger charge is 2.53. The van der Waals surface area contributed by atoms with Crippen molar-refractivity contribution in [3.05, 3.63) is 71.8 Å². The molecule has 0 bridgehead atoms. The topological polar surface area (TPSA) is 135 Å². The van der Waals surface area contributed by atoms with Crippen molar-refractivity contribution in [2.45, 2.75) is 110 Å². The normalized spacial score (nSPS) is 15.7. The van der Waals surface area contributed by atoms with Crippen molar-refractivity contribution in [2.75, 3.05) is 13.1 Å². The van der Waals surface area contributed by atoms with E-state index in [-0.39, 0.29) is 24.8 Å². The van der Waals surface area contributed by atoms with Gasteiger partial charge in [-0.25, -0.2) is 4.79 Å². The lowest BCUT2D eigenvalue weighted by molar-refractivity contribution is -0.173. The lowest BCUT2D eigenvalue weighted by atomic mass is 9.82. The highest BCUT2D eigenvalue weighted by molar-refractivity contribution is 6.14. The van der Waals surface area contributed by atoms with E-state index in [1.165, 1.54) is 6.92 Å². The lowest BCUT2D eigenvalue weighted by Crippen LogP contribution is -2.64. The van der Waals surface area contributed by atoms with Crippen molar-refractivity contribution in [3.63, 3.8) is 0 Å². The maximum atomic E-state index is 14.4. The number of aliphatic hydroxyl groups is 2. The van der Waals surface area contributed by atoms with Gasteiger partial charge in [-0.3, -0.25) is 19.3 Å². The molecule has 4 atom stereocenters. The van der Waals surface area contributed by atoms with Crippen LogP contribution in [0.15, 0.2) is 60.7 Å². The van der Waals surface area contributed by atoms with E-state index >= 15 is 0 Å². The third kappa shape index (κ3) is 10.0. The van der Waals surface area contributed by atoms with Gasteiger partial charge in [0, 0.05) is 19.5 Å². The van der Waals surface area contributed by atoms with Crippen LogP contribution in [-0.4, -0.2) is 84.9 Å². The Morgan fingerprint density at radius 3 is 1.65 bits per heavy atom. The van der Waals surface area contributed by atoms with Gasteiger partial charge in [0.1, 0.15) is 0 Å². The summed E-state index contributed by atoms with van der Waals surface area (Å²) in [6.07, 6.45) is 1.04. The molecule has 0 heterocycles. The van der Waals surface area contributed by atoms with Crippen molar-refractivity contribution in [3.8, 4) is 0 Å². The quantitative estimate of drug-likeness (QED) is 0.174. The number of ketones is 2. The van der Waals surface area contributed by atoms with Gasteiger partial charge < -0.3 is 20.2 Å². The molecule has 0 saturated carbocycles. The third-order valence-electron chi connectivity index (χ3n) is 8.24. The number of carbonyl (C=O) groups excluding carboxylic acids is 3. The first-order valence-corrected chi connectivity index (χ1v) is 16.5. The molecule has 254 valence electrons. The standard InChI is InChI=1S/C37H54N2O7/c1-8-20-38(25-29-18-14-11-15-19-29)30(22-26(3)4)32(40)36(7,45)34(42)39(21-9-2)31(23-27(5)6)33(41)37(46,35(43)44)24-28-16-12-10-13-17-28/h10-19,26-27,30-31,45-46H,8-9,20-25H2,1-7H3,(H,43,44)/t30-,31-,36?,37?/m0/s1. The number of rotatable bonds is 20. The fourth-order valence-corrected chi connectivity index (χ4v) is 5.93. The SMILES string of the molecule is CCCN(Cc1ccccc1)[C@@H](CC(C)C)C(=O)C(C)(O)C(=O)N(CCC)[C@@H](CC(C)C)C(=O)C(O)(Cc1ccccc1)C(=O)O. The van der Waals surface area contributed by atoms with Gasteiger partial charge in [0.05, 0.1) is 12.1 Å². The molecule has 0 spiro atoms. The van der Waals surface area contributed by atoms with Crippen LogP contribution in [0.4, 0.5) is 0 Å². The average Bonchev–Trinajstić information content (AvgIpc) is 3.01. The maximum absolute atomic E-state index is 14.4. The number of hydrogen-bond acceptors (Lipinski definition) is 7. The Morgan fingerprint density at radius 2 is 1.20 bits per heavy atom. The van der Waals surface area contributed by atoms with Gasteiger partial charge in [-0.2, -0.15) is 0 Å². The Hall–Kier alpha value is -3.40. The summed E-state index contributed by atoms with van der Waals surface area (Å²) in [6.45, 7) is 13.5. The second kappa shape index (κ2) is 17.5. The zero-order valence-corrected chi connectivity index (χ0v) is 28.6. The van der Waals surface area contributed by atoms with E-state index in [1.807, 2.05) is 69.9 Å². The maximum Gasteiger partial charge on any atom is 0.344 e. The highest BCUT2D eigenvalue weighted by Crippen LogP contribution is 2.28. The summed E-state index contributed by atoms with van der Waals surface area (Å²) >= 11 is 0. The first-order chi connectivity index (χ1) is 21.6. The predicted octanol–water partition coefficient (Wildman–Crippen LogP) is 4.91. The van der Waals surface area contributed by atoms with Gasteiger partial charge in [0.25, 0.3) is 5.91 Å². The Balaban J connectivity index is 2.58. The number of Topliss-reactive ketones (excluding diaryl/α,β-unsaturated/α-hetero) is 2. The van der Waals surface area contributed by atoms with Crippen LogP contribution < -0.4 is 0 Å². The van der Waals surface area contributed by atoms with E-state index < -0.39 is 53.1 Å². The van der Waals surface area contributed by atoms with E-state index in [9.17, 15) is 34.5 Å². The fourth-order valence-electron chi connectivity index (χ4n) is 5.93. The van der Waals surface area contributed by atoms with Crippen LogP contribution in [0.3, 0.4) is 0 Å². The second-order valence-corrected chi connectivity index (χ2v) is 13.4. The minimum Gasteiger partial charge on any atom is -0.479 e. The summed E-state index contributed by atoms with van der Waals surface area (Å²) in [5.74, 6) is -4.55. The molecule has 9 heteroatoms. The van der Waals surface area contributed by atoms with E-state index in [0.717, 1.165) is 16.9 Å². The Morgan fingerprint density at radius 1 is 0.717 bits per heavy atom. The second-order valence-electron chi connectivity index (χ2n) is 13.4. The summed E-state index contributed by atoms with van der Waals surface area (Å²) in [5.41, 5.74) is -3.93. The molecule has 1 amide bonds. The minimum absolute atomic E-state index is 0.0238. The zero-order valence-electron chi connectivity index (χ0n) is 28.6. The number of carboxylic acid groups (broad SMARTS) is 1. The highest BCUT2D eigenvalue weighted by atomic mass is 16.4. The molecule has 0 aliphatic rings. The van der Waals surface area contributed by atoms with Gasteiger partial charge in [0.15, 0.2) is 11.6 Å². The van der Waals surface area contributed by atoms with Gasteiger partial charge in [-0.05, 0) is 62.1 Å². The van der Waals surface area contributed by atoms with Crippen molar-refractivity contribution >= 4 is 23.4 Å². The van der Waals surface area contributed by atoms with E-state index in [1.54, 1.807) is 37.3 Å². The number of amides is 1. The van der Waals surface area contributed by atoms with Gasteiger partial charge in [0.2, 0.25) is 11.2 Å². The molecule has 3 N–H and O–H groups in total. The van der Waals surface area contributed by atoms with Crippen LogP contribution in [0.1, 0.15) is 85.3 Å². The molecule has 2 aromatic carbocycles. The van der Waals surface area contributed by atoms with Crippen LogP contribution in [0, 0.1) is 11.8 Å². The fraction of sp³-hybridized carbons (Fsp3) is 0.568. The Labute approximate surface area is 274 Å². The summed E-state index contributed by atoms with van der Waals surface area (Å²) in [7, 11) is 0. The summed E-state index contributed by atoms with van der Waals surface area (Å²) in [5, 5.41) is 33.5. The molecular weight excluding hydrogens is 584 g/mol. The smallest absolute Gasteiger partial charge is 0.344 e. The van der Waals surface area contributed by atoms with Crippen LogP contribution in [-0.2, 0) is 32.1 Å². The van der Waals surface area contributed by atoms with Crippen molar-refractivity contribution in [2.24, 2.45) is 11.8 Å². The van der Waals surface area contributed by atoms with Crippen LogP contribution in [0.2, 0.25) is 0 Å². The third-order valence-corrected chi connectivity index (χ3v) is 8.24. The van der Waals surface area contributed by atoms with Gasteiger partial charge in [-0.15, -0.1) is 0 Å². The summed E-state index contributed by atoms with van der Waals surface area (Å²) in [6, 6.07) is 15.8. The Kier molecular flexibility index (Phi) is 14.8. The summed E-state index contributed by atoms with van der Waals surface area (Å²) in [4.78, 5) is 58.5. The van der Waals surface area contributed by atoms with Gasteiger partial charge >= 0.3 is 5.97 Å². The predicted molar refractivity (Wildman–Crippen MR) is 179 cm³/mol. The number of carbonyl (C=O) groups is 4. The monoisotopic (exact) mass is 638 g/mol.